The van der Waals surface area contributed by atoms with E-state index in [1.54, 1.807) is 6.92 Å². The van der Waals surface area contributed by atoms with Crippen molar-refractivity contribution in [2.24, 2.45) is 5.84 Å². The number of sulfone groups is 1. The Morgan fingerprint density at radius 1 is 1.47 bits per heavy atom. The predicted molar refractivity (Wildman–Crippen MR) is 62.0 cm³/mol. The van der Waals surface area contributed by atoms with Crippen molar-refractivity contribution < 1.29 is 8.42 Å². The fourth-order valence-electron chi connectivity index (χ4n) is 1.94. The Balaban J connectivity index is 2.83. The largest absolute Gasteiger partial charge is 0.271 e. The second-order valence-corrected chi connectivity index (χ2v) is 6.61. The normalized spacial score (nSPS) is 21.9. The van der Waals surface area contributed by atoms with Gasteiger partial charge in [0, 0.05) is 6.26 Å². The highest BCUT2D eigenvalue weighted by Gasteiger charge is 2.28. The summed E-state index contributed by atoms with van der Waals surface area (Å²) < 4.78 is 22.9. The van der Waals surface area contributed by atoms with Crippen LogP contribution in [0.4, 0.5) is 0 Å². The SMILES string of the molecule is CC(C(NN)C1=CCCCC1)S(C)(=O)=O. The van der Waals surface area contributed by atoms with E-state index in [1.165, 1.54) is 12.7 Å². The molecule has 5 heteroatoms. The molecule has 1 rings (SSSR count). The van der Waals surface area contributed by atoms with E-state index in [0.717, 1.165) is 24.8 Å². The molecular formula is C10H20N2O2S. The molecule has 0 radical (unpaired) electrons. The summed E-state index contributed by atoms with van der Waals surface area (Å²) in [6.07, 6.45) is 7.67. The zero-order valence-electron chi connectivity index (χ0n) is 9.36. The van der Waals surface area contributed by atoms with Gasteiger partial charge in [0.15, 0.2) is 9.84 Å². The molecule has 3 N–H and O–H groups in total. The van der Waals surface area contributed by atoms with Gasteiger partial charge in [0.25, 0.3) is 0 Å². The van der Waals surface area contributed by atoms with Crippen LogP contribution in [0.1, 0.15) is 32.6 Å². The first kappa shape index (κ1) is 12.7. The van der Waals surface area contributed by atoms with Crippen molar-refractivity contribution in [2.75, 3.05) is 6.26 Å². The van der Waals surface area contributed by atoms with Crippen molar-refractivity contribution in [1.29, 1.82) is 0 Å². The van der Waals surface area contributed by atoms with Gasteiger partial charge in [-0.1, -0.05) is 11.6 Å². The molecule has 0 saturated heterocycles. The smallest absolute Gasteiger partial charge is 0.151 e. The molecule has 0 aromatic carbocycles. The van der Waals surface area contributed by atoms with Gasteiger partial charge in [-0.3, -0.25) is 11.3 Å². The number of hydrazine groups is 1. The minimum absolute atomic E-state index is 0.236. The maximum absolute atomic E-state index is 11.5. The zero-order chi connectivity index (χ0) is 11.5. The second-order valence-electron chi connectivity index (χ2n) is 4.20. The van der Waals surface area contributed by atoms with Gasteiger partial charge < -0.3 is 0 Å². The predicted octanol–water partition coefficient (Wildman–Crippen LogP) is 0.752. The van der Waals surface area contributed by atoms with Crippen molar-refractivity contribution in [1.82, 2.24) is 5.43 Å². The van der Waals surface area contributed by atoms with Gasteiger partial charge in [-0.15, -0.1) is 0 Å². The number of hydrogen-bond donors (Lipinski definition) is 2. The summed E-state index contributed by atoms with van der Waals surface area (Å²) in [5.41, 5.74) is 3.77. The second kappa shape index (κ2) is 5.09. The monoisotopic (exact) mass is 232 g/mol. The van der Waals surface area contributed by atoms with Crippen LogP contribution in [-0.4, -0.2) is 26.0 Å². The van der Waals surface area contributed by atoms with E-state index < -0.39 is 15.1 Å². The van der Waals surface area contributed by atoms with Crippen LogP contribution in [-0.2, 0) is 9.84 Å². The first-order chi connectivity index (χ1) is 6.96. The fraction of sp³-hybridized carbons (Fsp3) is 0.800. The fourth-order valence-corrected chi connectivity index (χ4v) is 2.68. The van der Waals surface area contributed by atoms with Crippen LogP contribution in [0.2, 0.25) is 0 Å². The number of hydrogen-bond acceptors (Lipinski definition) is 4. The molecule has 1 aliphatic carbocycles. The highest BCUT2D eigenvalue weighted by Crippen LogP contribution is 2.23. The maximum atomic E-state index is 11.5. The number of nitrogens with two attached hydrogens (primary N) is 1. The molecule has 88 valence electrons. The van der Waals surface area contributed by atoms with Gasteiger partial charge in [-0.25, -0.2) is 8.42 Å². The van der Waals surface area contributed by atoms with E-state index in [1.807, 2.05) is 0 Å². The molecule has 0 aromatic heterocycles. The van der Waals surface area contributed by atoms with Crippen molar-refractivity contribution >= 4 is 9.84 Å². The van der Waals surface area contributed by atoms with Crippen molar-refractivity contribution in [2.45, 2.75) is 43.9 Å². The lowest BCUT2D eigenvalue weighted by atomic mass is 9.93. The van der Waals surface area contributed by atoms with Crippen molar-refractivity contribution in [3.8, 4) is 0 Å². The number of nitrogens with one attached hydrogen (secondary N) is 1. The lowest BCUT2D eigenvalue weighted by molar-refractivity contribution is 0.513. The molecule has 2 unspecified atom stereocenters. The Labute approximate surface area is 91.8 Å². The molecule has 0 heterocycles. The number of rotatable bonds is 4. The topological polar surface area (TPSA) is 72.2 Å². The van der Waals surface area contributed by atoms with Crippen LogP contribution in [0.15, 0.2) is 11.6 Å². The van der Waals surface area contributed by atoms with Crippen LogP contribution in [0.3, 0.4) is 0 Å². The number of allylic oxidation sites excluding steroid dienone is 1. The Hall–Kier alpha value is -0.390. The van der Waals surface area contributed by atoms with Crippen LogP contribution in [0.5, 0.6) is 0 Å². The average molecular weight is 232 g/mol. The minimum atomic E-state index is -3.05. The summed E-state index contributed by atoms with van der Waals surface area (Å²) in [4.78, 5) is 0. The van der Waals surface area contributed by atoms with E-state index in [4.69, 9.17) is 5.84 Å². The molecular weight excluding hydrogens is 212 g/mol. The molecule has 0 spiro atoms. The Kier molecular flexibility index (Phi) is 4.31. The highest BCUT2D eigenvalue weighted by molar-refractivity contribution is 7.91. The quantitative estimate of drug-likeness (QED) is 0.426. The van der Waals surface area contributed by atoms with Crippen LogP contribution in [0.25, 0.3) is 0 Å². The molecule has 2 atom stereocenters. The first-order valence-electron chi connectivity index (χ1n) is 5.30. The summed E-state index contributed by atoms with van der Waals surface area (Å²) in [6.45, 7) is 1.70. The van der Waals surface area contributed by atoms with E-state index in [-0.39, 0.29) is 6.04 Å². The first-order valence-corrected chi connectivity index (χ1v) is 7.26. The van der Waals surface area contributed by atoms with Gasteiger partial charge in [-0.2, -0.15) is 0 Å². The Morgan fingerprint density at radius 3 is 2.53 bits per heavy atom. The third-order valence-electron chi connectivity index (χ3n) is 3.05. The Morgan fingerprint density at radius 2 is 2.13 bits per heavy atom. The zero-order valence-corrected chi connectivity index (χ0v) is 10.2. The van der Waals surface area contributed by atoms with Crippen LogP contribution >= 0.6 is 0 Å². The summed E-state index contributed by atoms with van der Waals surface area (Å²) in [5.74, 6) is 5.45. The van der Waals surface area contributed by atoms with Crippen LogP contribution in [0, 0.1) is 0 Å². The molecule has 1 aliphatic rings. The molecule has 15 heavy (non-hydrogen) atoms. The summed E-state index contributed by atoms with van der Waals surface area (Å²) in [7, 11) is -3.05. The Bertz CT molecular complexity index is 335. The summed E-state index contributed by atoms with van der Waals surface area (Å²) in [6, 6.07) is -0.236. The molecule has 0 aliphatic heterocycles. The van der Waals surface area contributed by atoms with Gasteiger partial charge in [0.05, 0.1) is 11.3 Å². The average Bonchev–Trinajstić information content (AvgIpc) is 2.19. The van der Waals surface area contributed by atoms with E-state index >= 15 is 0 Å². The summed E-state index contributed by atoms with van der Waals surface area (Å²) >= 11 is 0. The van der Waals surface area contributed by atoms with Gasteiger partial charge in [0.2, 0.25) is 0 Å². The third kappa shape index (κ3) is 3.29. The third-order valence-corrected chi connectivity index (χ3v) is 4.67. The molecule has 0 fully saturated rings. The molecule has 4 nitrogen and oxygen atoms in total. The minimum Gasteiger partial charge on any atom is -0.271 e. The van der Waals surface area contributed by atoms with E-state index in [0.29, 0.717) is 0 Å². The summed E-state index contributed by atoms with van der Waals surface area (Å²) in [5, 5.41) is -0.466. The lowest BCUT2D eigenvalue weighted by Gasteiger charge is -2.26. The van der Waals surface area contributed by atoms with Crippen LogP contribution < -0.4 is 11.3 Å². The highest BCUT2D eigenvalue weighted by atomic mass is 32.2. The van der Waals surface area contributed by atoms with Gasteiger partial charge in [-0.05, 0) is 32.6 Å². The molecule has 0 bridgehead atoms. The lowest BCUT2D eigenvalue weighted by Crippen LogP contribution is -2.47. The molecule has 0 amide bonds. The van der Waals surface area contributed by atoms with Crippen molar-refractivity contribution in [3.63, 3.8) is 0 Å². The van der Waals surface area contributed by atoms with E-state index in [2.05, 4.69) is 11.5 Å². The van der Waals surface area contributed by atoms with Gasteiger partial charge >= 0.3 is 0 Å². The molecule has 0 aromatic rings. The maximum Gasteiger partial charge on any atom is 0.151 e. The standard InChI is InChI=1S/C10H20N2O2S/c1-8(15(2,13)14)10(12-11)9-6-4-3-5-7-9/h6,8,10,12H,3-5,7,11H2,1-2H3. The van der Waals surface area contributed by atoms with E-state index in [9.17, 15) is 8.42 Å². The van der Waals surface area contributed by atoms with Gasteiger partial charge in [0.1, 0.15) is 0 Å². The molecule has 0 saturated carbocycles. The van der Waals surface area contributed by atoms with Crippen molar-refractivity contribution in [3.05, 3.63) is 11.6 Å².